The van der Waals surface area contributed by atoms with Crippen LogP contribution in [0.5, 0.6) is 0 Å². The van der Waals surface area contributed by atoms with Gasteiger partial charge in [0.25, 0.3) is 0 Å². The van der Waals surface area contributed by atoms with E-state index in [2.05, 4.69) is 5.32 Å². The van der Waals surface area contributed by atoms with E-state index in [0.29, 0.717) is 26.1 Å². The van der Waals surface area contributed by atoms with E-state index in [4.69, 9.17) is 0 Å². The first-order valence-electron chi connectivity index (χ1n) is 7.24. The first kappa shape index (κ1) is 15.6. The average molecular weight is 293 g/mol. The van der Waals surface area contributed by atoms with Gasteiger partial charge in [-0.2, -0.15) is 13.2 Å². The van der Waals surface area contributed by atoms with Crippen LogP contribution in [0.3, 0.4) is 0 Å². The molecule has 1 unspecified atom stereocenters. The number of piperidine rings is 1. The first-order chi connectivity index (χ1) is 9.47. The minimum atomic E-state index is -4.14. The zero-order valence-corrected chi connectivity index (χ0v) is 11.6. The van der Waals surface area contributed by atoms with Crippen LogP contribution in [0.2, 0.25) is 0 Å². The minimum Gasteiger partial charge on any atom is -0.340 e. The number of likely N-dealkylation sites (tertiary alicyclic amines) is 1. The van der Waals surface area contributed by atoms with Gasteiger partial charge in [-0.15, -0.1) is 0 Å². The van der Waals surface area contributed by atoms with Gasteiger partial charge >= 0.3 is 6.18 Å². The summed E-state index contributed by atoms with van der Waals surface area (Å²) in [6.45, 7) is 3.66. The maximum Gasteiger partial charge on any atom is 0.393 e. The van der Waals surface area contributed by atoms with Crippen molar-refractivity contribution in [1.82, 2.24) is 15.1 Å². The van der Waals surface area contributed by atoms with E-state index in [9.17, 15) is 18.0 Å². The Morgan fingerprint density at radius 1 is 1.15 bits per heavy atom. The lowest BCUT2D eigenvalue weighted by Gasteiger charge is -2.34. The third-order valence-electron chi connectivity index (χ3n) is 4.02. The molecule has 0 aromatic carbocycles. The lowest BCUT2D eigenvalue weighted by Crippen LogP contribution is -2.47. The number of hydrogen-bond acceptors (Lipinski definition) is 3. The molecule has 1 N–H and O–H groups in total. The van der Waals surface area contributed by atoms with E-state index >= 15 is 0 Å². The predicted molar refractivity (Wildman–Crippen MR) is 69.3 cm³/mol. The van der Waals surface area contributed by atoms with E-state index in [1.807, 2.05) is 0 Å². The van der Waals surface area contributed by atoms with Gasteiger partial charge in [-0.1, -0.05) is 0 Å². The van der Waals surface area contributed by atoms with Crippen LogP contribution >= 0.6 is 0 Å². The van der Waals surface area contributed by atoms with Crippen molar-refractivity contribution in [1.29, 1.82) is 0 Å². The van der Waals surface area contributed by atoms with Crippen molar-refractivity contribution in [2.75, 3.05) is 45.8 Å². The van der Waals surface area contributed by atoms with Crippen molar-refractivity contribution in [3.05, 3.63) is 0 Å². The molecule has 1 atom stereocenters. The second-order valence-corrected chi connectivity index (χ2v) is 5.60. The Kier molecular flexibility index (Phi) is 5.26. The van der Waals surface area contributed by atoms with Gasteiger partial charge in [0.05, 0.1) is 12.5 Å². The normalized spacial score (nSPS) is 26.4. The Labute approximate surface area is 117 Å². The molecular formula is C13H22F3N3O. The molecule has 1 amide bonds. The molecule has 0 aromatic heterocycles. The van der Waals surface area contributed by atoms with Gasteiger partial charge < -0.3 is 10.2 Å². The van der Waals surface area contributed by atoms with Crippen molar-refractivity contribution in [2.24, 2.45) is 5.92 Å². The van der Waals surface area contributed by atoms with E-state index in [1.165, 1.54) is 0 Å². The second-order valence-electron chi connectivity index (χ2n) is 5.60. The fourth-order valence-corrected chi connectivity index (χ4v) is 2.85. The number of carbonyl (C=O) groups excluding carboxylic acids is 1. The summed E-state index contributed by atoms with van der Waals surface area (Å²) < 4.78 is 38.2. The van der Waals surface area contributed by atoms with Gasteiger partial charge in [0.15, 0.2) is 0 Å². The average Bonchev–Trinajstić information content (AvgIpc) is 2.67. The molecule has 2 heterocycles. The summed E-state index contributed by atoms with van der Waals surface area (Å²) in [5.41, 5.74) is 0. The van der Waals surface area contributed by atoms with Crippen molar-refractivity contribution in [3.63, 3.8) is 0 Å². The van der Waals surface area contributed by atoms with Crippen LogP contribution < -0.4 is 5.32 Å². The second kappa shape index (κ2) is 6.76. The summed E-state index contributed by atoms with van der Waals surface area (Å²) in [5, 5.41) is 3.21. The van der Waals surface area contributed by atoms with Gasteiger partial charge in [0.1, 0.15) is 0 Å². The van der Waals surface area contributed by atoms with Crippen molar-refractivity contribution in [2.45, 2.75) is 25.4 Å². The number of nitrogens with one attached hydrogen (secondary N) is 1. The topological polar surface area (TPSA) is 35.6 Å². The fraction of sp³-hybridized carbons (Fsp3) is 0.923. The highest BCUT2D eigenvalue weighted by Crippen LogP contribution is 2.32. The molecule has 0 radical (unpaired) electrons. The monoisotopic (exact) mass is 293 g/mol. The molecule has 2 saturated heterocycles. The lowest BCUT2D eigenvalue weighted by molar-refractivity contribution is -0.187. The molecule has 4 nitrogen and oxygen atoms in total. The van der Waals surface area contributed by atoms with E-state index in [-0.39, 0.29) is 25.4 Å². The first-order valence-corrected chi connectivity index (χ1v) is 7.24. The fourth-order valence-electron chi connectivity index (χ4n) is 2.85. The van der Waals surface area contributed by atoms with Gasteiger partial charge in [0, 0.05) is 26.2 Å². The van der Waals surface area contributed by atoms with Gasteiger partial charge in [-0.05, 0) is 32.4 Å². The highest BCUT2D eigenvalue weighted by molar-refractivity contribution is 5.78. The zero-order valence-electron chi connectivity index (χ0n) is 11.6. The van der Waals surface area contributed by atoms with E-state index < -0.39 is 12.1 Å². The van der Waals surface area contributed by atoms with Crippen molar-refractivity contribution < 1.29 is 18.0 Å². The van der Waals surface area contributed by atoms with Crippen LogP contribution in [0.1, 0.15) is 19.3 Å². The lowest BCUT2D eigenvalue weighted by atomic mass is 9.97. The maximum atomic E-state index is 12.7. The predicted octanol–water partition coefficient (Wildman–Crippen LogP) is 1.08. The smallest absolute Gasteiger partial charge is 0.340 e. The molecule has 2 fully saturated rings. The summed E-state index contributed by atoms with van der Waals surface area (Å²) in [4.78, 5) is 15.6. The SMILES string of the molecule is O=C(CN1CCCC(C(F)(F)F)C1)N1CCCNCC1. The number of rotatable bonds is 2. The zero-order chi connectivity index (χ0) is 14.6. The number of halogens is 3. The molecule has 0 saturated carbocycles. The Morgan fingerprint density at radius 2 is 1.95 bits per heavy atom. The number of nitrogens with zero attached hydrogens (tertiary/aromatic N) is 2. The number of hydrogen-bond donors (Lipinski definition) is 1. The minimum absolute atomic E-state index is 0.0403. The molecule has 2 aliphatic rings. The largest absolute Gasteiger partial charge is 0.393 e. The Balaban J connectivity index is 1.84. The van der Waals surface area contributed by atoms with Gasteiger partial charge in [-0.3, -0.25) is 9.69 Å². The standard InChI is InChI=1S/C13H22F3N3O/c14-13(15,16)11-3-1-6-18(9-11)10-12(20)19-7-2-4-17-5-8-19/h11,17H,1-10H2. The summed E-state index contributed by atoms with van der Waals surface area (Å²) in [6, 6.07) is 0. The number of carbonyl (C=O) groups is 1. The van der Waals surface area contributed by atoms with Crippen LogP contribution in [0, 0.1) is 5.92 Å². The molecule has 7 heteroatoms. The molecule has 116 valence electrons. The van der Waals surface area contributed by atoms with Gasteiger partial charge in [0.2, 0.25) is 5.91 Å². The molecule has 0 spiro atoms. The summed E-state index contributed by atoms with van der Waals surface area (Å²) >= 11 is 0. The Morgan fingerprint density at radius 3 is 2.70 bits per heavy atom. The van der Waals surface area contributed by atoms with Crippen LogP contribution in [-0.4, -0.2) is 67.7 Å². The molecule has 20 heavy (non-hydrogen) atoms. The molecule has 0 aliphatic carbocycles. The molecule has 2 aliphatic heterocycles. The van der Waals surface area contributed by atoms with E-state index in [0.717, 1.165) is 19.5 Å². The number of alkyl halides is 3. The third-order valence-corrected chi connectivity index (χ3v) is 4.02. The molecular weight excluding hydrogens is 271 g/mol. The highest BCUT2D eigenvalue weighted by Gasteiger charge is 2.42. The Bertz CT molecular complexity index is 327. The molecule has 0 aromatic rings. The van der Waals surface area contributed by atoms with Crippen molar-refractivity contribution >= 4 is 5.91 Å². The summed E-state index contributed by atoms with van der Waals surface area (Å²) in [5.74, 6) is -1.33. The van der Waals surface area contributed by atoms with Gasteiger partial charge in [-0.25, -0.2) is 0 Å². The van der Waals surface area contributed by atoms with E-state index in [1.54, 1.807) is 9.80 Å². The summed E-state index contributed by atoms with van der Waals surface area (Å²) in [6.07, 6.45) is -2.55. The van der Waals surface area contributed by atoms with Crippen molar-refractivity contribution in [3.8, 4) is 0 Å². The van der Waals surface area contributed by atoms with Crippen LogP contribution in [0.25, 0.3) is 0 Å². The third kappa shape index (κ3) is 4.34. The summed E-state index contributed by atoms with van der Waals surface area (Å²) in [7, 11) is 0. The Hall–Kier alpha value is -0.820. The molecule has 0 bridgehead atoms. The maximum absolute atomic E-state index is 12.7. The van der Waals surface area contributed by atoms with Crippen LogP contribution in [-0.2, 0) is 4.79 Å². The molecule has 2 rings (SSSR count). The quantitative estimate of drug-likeness (QED) is 0.827. The number of amides is 1. The highest BCUT2D eigenvalue weighted by atomic mass is 19.4. The van der Waals surface area contributed by atoms with Crippen LogP contribution in [0.4, 0.5) is 13.2 Å². The van der Waals surface area contributed by atoms with Crippen LogP contribution in [0.15, 0.2) is 0 Å².